The molecule has 0 bridgehead atoms. The number of rotatable bonds is 3. The molecule has 0 amide bonds. The number of benzene rings is 1. The highest BCUT2D eigenvalue weighted by Crippen LogP contribution is 2.15. The van der Waals surface area contributed by atoms with E-state index in [4.69, 9.17) is 4.74 Å². The van der Waals surface area contributed by atoms with Gasteiger partial charge in [0.25, 0.3) is 0 Å². The van der Waals surface area contributed by atoms with Gasteiger partial charge in [0.1, 0.15) is 5.75 Å². The van der Waals surface area contributed by atoms with Crippen LogP contribution >= 0.6 is 11.8 Å². The van der Waals surface area contributed by atoms with Gasteiger partial charge in [0.15, 0.2) is 0 Å². The van der Waals surface area contributed by atoms with Crippen LogP contribution in [0.3, 0.4) is 0 Å². The first-order valence-electron chi connectivity index (χ1n) is 3.36. The zero-order chi connectivity index (χ0) is 8.10. The Kier molecular flexibility index (Phi) is 3.30. The summed E-state index contributed by atoms with van der Waals surface area (Å²) in [5, 5.41) is 0. The van der Waals surface area contributed by atoms with E-state index in [1.807, 2.05) is 12.1 Å². The van der Waals surface area contributed by atoms with Gasteiger partial charge in [-0.15, -0.1) is 0 Å². The lowest BCUT2D eigenvalue weighted by Crippen LogP contribution is -1.83. The predicted octanol–water partition coefficient (Wildman–Crippen LogP) is 2.72. The van der Waals surface area contributed by atoms with E-state index in [-0.39, 0.29) is 0 Å². The fraction of sp³-hybridized carbons (Fsp3) is 0.222. The predicted molar refractivity (Wildman–Crippen MR) is 49.6 cm³/mol. The molecule has 0 heterocycles. The van der Waals surface area contributed by atoms with E-state index in [9.17, 15) is 0 Å². The quantitative estimate of drug-likeness (QED) is 0.684. The molecule has 0 atom stereocenters. The van der Waals surface area contributed by atoms with Crippen LogP contribution in [-0.4, -0.2) is 7.11 Å². The van der Waals surface area contributed by atoms with Crippen molar-refractivity contribution in [2.75, 3.05) is 7.11 Å². The molecular weight excluding hydrogens is 156 g/mol. The van der Waals surface area contributed by atoms with Gasteiger partial charge in [0, 0.05) is 12.0 Å². The molecule has 0 saturated heterocycles. The standard InChI is InChI=1S/C9H11OS/c1-10-9-5-3-8(4-6-9)7-11-2/h3-6H,2,7H2,1H3. The van der Waals surface area contributed by atoms with E-state index < -0.39 is 0 Å². The van der Waals surface area contributed by atoms with Crippen LogP contribution in [0.15, 0.2) is 24.3 Å². The zero-order valence-corrected chi connectivity index (χ0v) is 7.36. The van der Waals surface area contributed by atoms with Gasteiger partial charge in [-0.2, -0.15) is 11.8 Å². The van der Waals surface area contributed by atoms with E-state index >= 15 is 0 Å². The van der Waals surface area contributed by atoms with Gasteiger partial charge < -0.3 is 4.74 Å². The van der Waals surface area contributed by atoms with E-state index in [0.717, 1.165) is 11.5 Å². The van der Waals surface area contributed by atoms with Gasteiger partial charge in [-0.3, -0.25) is 0 Å². The maximum absolute atomic E-state index is 5.02. The van der Waals surface area contributed by atoms with E-state index in [1.54, 1.807) is 18.9 Å². The van der Waals surface area contributed by atoms with Crippen LogP contribution < -0.4 is 4.74 Å². The summed E-state index contributed by atoms with van der Waals surface area (Å²) in [6.45, 7) is 0. The minimum Gasteiger partial charge on any atom is -0.497 e. The second kappa shape index (κ2) is 4.29. The van der Waals surface area contributed by atoms with Crippen LogP contribution in [0, 0.1) is 6.26 Å². The zero-order valence-electron chi connectivity index (χ0n) is 6.54. The third-order valence-corrected chi connectivity index (χ3v) is 1.97. The smallest absolute Gasteiger partial charge is 0.118 e. The molecular formula is C9H11OS. The summed E-state index contributed by atoms with van der Waals surface area (Å²) in [5.41, 5.74) is 1.28. The van der Waals surface area contributed by atoms with Crippen molar-refractivity contribution in [1.82, 2.24) is 0 Å². The van der Waals surface area contributed by atoms with Crippen molar-refractivity contribution in [3.63, 3.8) is 0 Å². The molecule has 0 aliphatic heterocycles. The first-order chi connectivity index (χ1) is 5.36. The topological polar surface area (TPSA) is 9.23 Å². The Hall–Kier alpha value is -0.630. The molecule has 0 aliphatic carbocycles. The maximum atomic E-state index is 5.02. The van der Waals surface area contributed by atoms with Crippen LogP contribution in [0.1, 0.15) is 5.56 Å². The maximum Gasteiger partial charge on any atom is 0.118 e. The average Bonchev–Trinajstić information content (AvgIpc) is 2.07. The Morgan fingerprint density at radius 2 is 2.00 bits per heavy atom. The Bertz CT molecular complexity index is 205. The molecule has 1 rings (SSSR count). The van der Waals surface area contributed by atoms with Gasteiger partial charge >= 0.3 is 0 Å². The Morgan fingerprint density at radius 3 is 2.45 bits per heavy atom. The van der Waals surface area contributed by atoms with Gasteiger partial charge in [0.2, 0.25) is 0 Å². The van der Waals surface area contributed by atoms with Gasteiger partial charge in [0.05, 0.1) is 7.11 Å². The Balaban J connectivity index is 2.66. The van der Waals surface area contributed by atoms with Crippen LogP contribution in [0.4, 0.5) is 0 Å². The first kappa shape index (κ1) is 8.47. The minimum absolute atomic E-state index is 0.905. The van der Waals surface area contributed by atoms with Crippen LogP contribution in [-0.2, 0) is 5.75 Å². The molecule has 0 fully saturated rings. The molecule has 0 spiro atoms. The molecule has 0 N–H and O–H groups in total. The largest absolute Gasteiger partial charge is 0.497 e. The Morgan fingerprint density at radius 1 is 1.36 bits per heavy atom. The van der Waals surface area contributed by atoms with Crippen molar-refractivity contribution in [2.45, 2.75) is 5.75 Å². The summed E-state index contributed by atoms with van der Waals surface area (Å²) >= 11 is 1.58. The lowest BCUT2D eigenvalue weighted by atomic mass is 10.2. The van der Waals surface area contributed by atoms with Crippen molar-refractivity contribution >= 4 is 11.8 Å². The van der Waals surface area contributed by atoms with E-state index in [1.165, 1.54) is 5.56 Å². The highest BCUT2D eigenvalue weighted by molar-refractivity contribution is 7.99. The number of ether oxygens (including phenoxy) is 1. The Labute approximate surface area is 71.8 Å². The molecule has 1 nitrogen and oxygen atoms in total. The number of thioether (sulfide) groups is 1. The molecule has 1 radical (unpaired) electrons. The van der Waals surface area contributed by atoms with Crippen LogP contribution in [0.5, 0.6) is 5.75 Å². The van der Waals surface area contributed by atoms with Crippen LogP contribution in [0.25, 0.3) is 0 Å². The normalized spacial score (nSPS) is 9.64. The van der Waals surface area contributed by atoms with Crippen molar-refractivity contribution in [2.24, 2.45) is 0 Å². The molecule has 0 aromatic heterocycles. The summed E-state index contributed by atoms with van der Waals surface area (Å²) in [7, 11) is 1.67. The lowest BCUT2D eigenvalue weighted by Gasteiger charge is -2.00. The fourth-order valence-electron chi connectivity index (χ4n) is 0.840. The summed E-state index contributed by atoms with van der Waals surface area (Å²) in [4.78, 5) is 0. The third-order valence-electron chi connectivity index (χ3n) is 1.43. The third kappa shape index (κ3) is 2.46. The van der Waals surface area contributed by atoms with Crippen molar-refractivity contribution in [3.8, 4) is 5.75 Å². The molecule has 0 unspecified atom stereocenters. The average molecular weight is 167 g/mol. The van der Waals surface area contributed by atoms with Gasteiger partial charge in [-0.05, 0) is 17.7 Å². The SMILES string of the molecule is [CH2]SCc1ccc(OC)cc1. The second-order valence-corrected chi connectivity index (χ2v) is 2.89. The second-order valence-electron chi connectivity index (χ2n) is 2.20. The van der Waals surface area contributed by atoms with Crippen LogP contribution in [0.2, 0.25) is 0 Å². The fourth-order valence-corrected chi connectivity index (χ4v) is 1.27. The summed E-state index contributed by atoms with van der Waals surface area (Å²) in [6.07, 6.45) is 3.71. The van der Waals surface area contributed by atoms with E-state index in [2.05, 4.69) is 18.4 Å². The monoisotopic (exact) mass is 167 g/mol. The van der Waals surface area contributed by atoms with Crippen molar-refractivity contribution < 1.29 is 4.74 Å². The minimum atomic E-state index is 0.905. The molecule has 1 aromatic rings. The van der Waals surface area contributed by atoms with E-state index in [0.29, 0.717) is 0 Å². The summed E-state index contributed by atoms with van der Waals surface area (Å²) < 4.78 is 5.02. The molecule has 0 saturated carbocycles. The van der Waals surface area contributed by atoms with Crippen molar-refractivity contribution in [3.05, 3.63) is 36.1 Å². The first-order valence-corrected chi connectivity index (χ1v) is 4.52. The number of hydrogen-bond donors (Lipinski definition) is 0. The highest BCUT2D eigenvalue weighted by atomic mass is 32.2. The molecule has 1 aromatic carbocycles. The van der Waals surface area contributed by atoms with Gasteiger partial charge in [-0.1, -0.05) is 12.1 Å². The lowest BCUT2D eigenvalue weighted by molar-refractivity contribution is 0.414. The summed E-state index contributed by atoms with van der Waals surface area (Å²) in [6, 6.07) is 8.03. The van der Waals surface area contributed by atoms with Crippen molar-refractivity contribution in [1.29, 1.82) is 0 Å². The molecule has 2 heteroatoms. The molecule has 11 heavy (non-hydrogen) atoms. The highest BCUT2D eigenvalue weighted by Gasteiger charge is 1.91. The number of hydrogen-bond acceptors (Lipinski definition) is 2. The van der Waals surface area contributed by atoms with Gasteiger partial charge in [-0.25, -0.2) is 0 Å². The molecule has 59 valence electrons. The molecule has 0 aliphatic rings. The number of methoxy groups -OCH3 is 1. The summed E-state index contributed by atoms with van der Waals surface area (Å²) in [5.74, 6) is 1.87.